The number of amides is 1. The van der Waals surface area contributed by atoms with Gasteiger partial charge in [-0.2, -0.15) is 0 Å². The fourth-order valence-corrected chi connectivity index (χ4v) is 4.94. The minimum Gasteiger partial charge on any atom is -0.506 e. The molecule has 1 fully saturated rings. The molecule has 0 spiro atoms. The molecule has 0 bridgehead atoms. The lowest BCUT2D eigenvalue weighted by molar-refractivity contribution is -0.318. The highest BCUT2D eigenvalue weighted by atomic mass is 35.5. The number of carboxylic acid groups (broad SMARTS) is 1. The summed E-state index contributed by atoms with van der Waals surface area (Å²) in [6, 6.07) is 8.18. The average Bonchev–Trinajstić information content (AvgIpc) is 2.92. The van der Waals surface area contributed by atoms with Crippen molar-refractivity contribution in [3.05, 3.63) is 63.7 Å². The maximum atomic E-state index is 13.1. The topological polar surface area (TPSA) is 212 Å². The van der Waals surface area contributed by atoms with Gasteiger partial charge in [0.2, 0.25) is 0 Å². The molecule has 8 atom stereocenters. The predicted octanol–water partition coefficient (Wildman–Crippen LogP) is -0.112. The van der Waals surface area contributed by atoms with E-state index >= 15 is 0 Å². The van der Waals surface area contributed by atoms with Crippen molar-refractivity contribution < 1.29 is 59.2 Å². The summed E-state index contributed by atoms with van der Waals surface area (Å²) in [5.41, 5.74) is -0.509. The third-order valence-corrected chi connectivity index (χ3v) is 7.07. The van der Waals surface area contributed by atoms with Crippen LogP contribution in [0.2, 0.25) is 5.02 Å². The van der Waals surface area contributed by atoms with Crippen molar-refractivity contribution in [1.82, 2.24) is 5.32 Å². The molecular weight excluding hydrogens is 554 g/mol. The molecule has 7 N–H and O–H groups in total. The van der Waals surface area contributed by atoms with Crippen molar-refractivity contribution in [3.8, 4) is 5.75 Å². The molecule has 2 aromatic rings. The Bertz CT molecular complexity index is 1270. The number of benzene rings is 2. The Hall–Kier alpha value is -3.30. The first-order valence-corrected chi connectivity index (χ1v) is 12.6. The Kier molecular flexibility index (Phi) is 8.95. The highest BCUT2D eigenvalue weighted by Crippen LogP contribution is 2.44. The summed E-state index contributed by atoms with van der Waals surface area (Å²) in [4.78, 5) is 37.7. The Morgan fingerprint density at radius 2 is 1.80 bits per heavy atom. The van der Waals surface area contributed by atoms with Gasteiger partial charge in [-0.1, -0.05) is 41.9 Å². The van der Waals surface area contributed by atoms with E-state index < -0.39 is 90.3 Å². The van der Waals surface area contributed by atoms with E-state index in [1.807, 2.05) is 0 Å². The number of esters is 1. The van der Waals surface area contributed by atoms with Gasteiger partial charge in [-0.3, -0.25) is 4.79 Å². The Morgan fingerprint density at radius 3 is 2.42 bits per heavy atom. The summed E-state index contributed by atoms with van der Waals surface area (Å²) < 4.78 is 16.4. The van der Waals surface area contributed by atoms with Crippen LogP contribution in [0.15, 0.2) is 36.4 Å². The van der Waals surface area contributed by atoms with E-state index in [2.05, 4.69) is 5.32 Å². The van der Waals surface area contributed by atoms with Crippen molar-refractivity contribution in [2.75, 3.05) is 6.61 Å². The zero-order valence-corrected chi connectivity index (χ0v) is 21.8. The van der Waals surface area contributed by atoms with Crippen molar-refractivity contribution in [2.24, 2.45) is 0 Å². The Labute approximate surface area is 232 Å². The maximum absolute atomic E-state index is 13.1. The van der Waals surface area contributed by atoms with Crippen LogP contribution < -0.4 is 5.32 Å². The van der Waals surface area contributed by atoms with Gasteiger partial charge in [-0.05, 0) is 18.6 Å². The molecule has 40 heavy (non-hydrogen) atoms. The standard InChI is InChI=1S/C26H28ClNO12/c1-10-22(40-26-21(33)20(32)19(31)15(9-29)39-26)16-13(27)8-12(18(30)17(16)25(37)38-10)23(34)28-14(24(35)36)7-11-5-3-2-4-6-11/h2-6,8,10,14-15,19-22,26,29-33H,7,9H2,1H3,(H,28,34)(H,35,36)/t10?,14?,15-,19-,20+,21-,22?,26+/m1/s1. The van der Waals surface area contributed by atoms with Crippen LogP contribution in [0.4, 0.5) is 0 Å². The number of carbonyl (C=O) groups excluding carboxylic acids is 2. The monoisotopic (exact) mass is 581 g/mol. The normalized spacial score (nSPS) is 28.8. The largest absolute Gasteiger partial charge is 0.506 e. The number of carbonyl (C=O) groups is 3. The number of aliphatic hydroxyl groups is 4. The second-order valence-electron chi connectivity index (χ2n) is 9.46. The number of ether oxygens (including phenoxy) is 3. The van der Waals surface area contributed by atoms with Crippen molar-refractivity contribution in [3.63, 3.8) is 0 Å². The van der Waals surface area contributed by atoms with Crippen LogP contribution >= 0.6 is 11.6 Å². The Morgan fingerprint density at radius 1 is 1.12 bits per heavy atom. The molecule has 1 amide bonds. The minimum atomic E-state index is -1.78. The summed E-state index contributed by atoms with van der Waals surface area (Å²) in [6.45, 7) is 0.711. The lowest BCUT2D eigenvalue weighted by atomic mass is 9.92. The van der Waals surface area contributed by atoms with Gasteiger partial charge in [0.15, 0.2) is 6.29 Å². The van der Waals surface area contributed by atoms with Crippen molar-refractivity contribution in [1.29, 1.82) is 0 Å². The quantitative estimate of drug-likeness (QED) is 0.203. The molecule has 0 radical (unpaired) electrons. The van der Waals surface area contributed by atoms with Gasteiger partial charge in [0.05, 0.1) is 12.2 Å². The van der Waals surface area contributed by atoms with E-state index in [9.17, 15) is 45.0 Å². The van der Waals surface area contributed by atoms with Gasteiger partial charge in [0.25, 0.3) is 5.91 Å². The van der Waals surface area contributed by atoms with E-state index in [4.69, 9.17) is 25.8 Å². The first kappa shape index (κ1) is 29.7. The fourth-order valence-electron chi connectivity index (χ4n) is 4.63. The first-order valence-electron chi connectivity index (χ1n) is 12.2. The molecule has 4 rings (SSSR count). The molecule has 0 aromatic heterocycles. The second-order valence-corrected chi connectivity index (χ2v) is 9.87. The van der Waals surface area contributed by atoms with Crippen molar-refractivity contribution in [2.45, 2.75) is 62.3 Å². The number of carboxylic acids is 1. The van der Waals surface area contributed by atoms with Gasteiger partial charge in [-0.25, -0.2) is 9.59 Å². The number of hydrogen-bond acceptors (Lipinski definition) is 11. The van der Waals surface area contributed by atoms with E-state index in [0.717, 1.165) is 6.07 Å². The number of phenolic OH excluding ortho intramolecular Hbond substituents is 1. The molecular formula is C26H28ClNO12. The summed E-state index contributed by atoms with van der Waals surface area (Å²) in [7, 11) is 0. The van der Waals surface area contributed by atoms with Crippen LogP contribution in [0.1, 0.15) is 44.9 Å². The number of halogens is 1. The van der Waals surface area contributed by atoms with Crippen LogP contribution in [-0.4, -0.2) is 97.9 Å². The SMILES string of the molecule is CC1OC(=O)c2c(O)c(C(=O)NC(Cc3ccccc3)C(=O)O)cc(Cl)c2C1O[C@@H]1O[C@H](CO)[C@@H](O)[C@H](O)[C@H]1O. The van der Waals surface area contributed by atoms with Gasteiger partial charge in [0, 0.05) is 17.0 Å². The van der Waals surface area contributed by atoms with Crippen LogP contribution in [0.25, 0.3) is 0 Å². The van der Waals surface area contributed by atoms with Crippen LogP contribution in [0.3, 0.4) is 0 Å². The number of fused-ring (bicyclic) bond motifs is 1. The van der Waals surface area contributed by atoms with Crippen LogP contribution in [-0.2, 0) is 25.4 Å². The third kappa shape index (κ3) is 5.76. The zero-order chi connectivity index (χ0) is 29.3. The minimum absolute atomic E-state index is 0.0596. The molecule has 0 saturated carbocycles. The van der Waals surface area contributed by atoms with Gasteiger partial charge < -0.3 is 50.2 Å². The molecule has 2 aliphatic rings. The van der Waals surface area contributed by atoms with Gasteiger partial charge >= 0.3 is 11.9 Å². The smallest absolute Gasteiger partial charge is 0.342 e. The summed E-state index contributed by atoms with van der Waals surface area (Å²) in [5, 5.41) is 62.6. The highest BCUT2D eigenvalue weighted by molar-refractivity contribution is 6.32. The van der Waals surface area contributed by atoms with Crippen LogP contribution in [0, 0.1) is 0 Å². The highest BCUT2D eigenvalue weighted by Gasteiger charge is 2.48. The lowest BCUT2D eigenvalue weighted by Crippen LogP contribution is -2.59. The lowest BCUT2D eigenvalue weighted by Gasteiger charge is -2.42. The number of nitrogens with one attached hydrogen (secondary N) is 1. The molecule has 0 aliphatic carbocycles. The van der Waals surface area contributed by atoms with Gasteiger partial charge in [-0.15, -0.1) is 0 Å². The van der Waals surface area contributed by atoms with Crippen molar-refractivity contribution >= 4 is 29.4 Å². The summed E-state index contributed by atoms with van der Waals surface area (Å²) >= 11 is 6.45. The molecule has 13 nitrogen and oxygen atoms in total. The Balaban J connectivity index is 1.64. The number of aliphatic carboxylic acids is 1. The summed E-state index contributed by atoms with van der Waals surface area (Å²) in [6.07, 6.45) is -10.5. The van der Waals surface area contributed by atoms with E-state index in [-0.39, 0.29) is 17.0 Å². The van der Waals surface area contributed by atoms with Gasteiger partial charge in [0.1, 0.15) is 54.0 Å². The van der Waals surface area contributed by atoms with E-state index in [0.29, 0.717) is 5.56 Å². The number of hydrogen-bond donors (Lipinski definition) is 7. The third-order valence-electron chi connectivity index (χ3n) is 6.76. The molecule has 216 valence electrons. The molecule has 14 heteroatoms. The predicted molar refractivity (Wildman–Crippen MR) is 135 cm³/mol. The van der Waals surface area contributed by atoms with E-state index in [1.165, 1.54) is 6.92 Å². The molecule has 2 aliphatic heterocycles. The second kappa shape index (κ2) is 12.1. The maximum Gasteiger partial charge on any atom is 0.342 e. The molecule has 3 unspecified atom stereocenters. The summed E-state index contributed by atoms with van der Waals surface area (Å²) in [5.74, 6) is -4.25. The zero-order valence-electron chi connectivity index (χ0n) is 21.0. The number of rotatable bonds is 8. The number of cyclic esters (lactones) is 1. The first-order chi connectivity index (χ1) is 18.9. The number of aliphatic hydroxyl groups excluding tert-OH is 4. The number of aromatic hydroxyl groups is 1. The average molecular weight is 582 g/mol. The fraction of sp³-hybridized carbons (Fsp3) is 0.423. The molecule has 2 aromatic carbocycles. The van der Waals surface area contributed by atoms with Crippen LogP contribution in [0.5, 0.6) is 5.75 Å². The van der Waals surface area contributed by atoms with E-state index in [1.54, 1.807) is 30.3 Å². The molecule has 1 saturated heterocycles. The number of phenols is 1. The molecule has 2 heterocycles.